The van der Waals surface area contributed by atoms with Gasteiger partial charge >= 0.3 is 0 Å². The van der Waals surface area contributed by atoms with E-state index in [2.05, 4.69) is 20.9 Å². The first-order valence-electron chi connectivity index (χ1n) is 10.2. The fourth-order valence-corrected chi connectivity index (χ4v) is 3.75. The molecular formula is C22H26N4O4. The molecule has 30 heavy (non-hydrogen) atoms. The Bertz CT molecular complexity index is 1010. The lowest BCUT2D eigenvalue weighted by atomic mass is 10.0. The van der Waals surface area contributed by atoms with Crippen LogP contribution in [0.2, 0.25) is 0 Å². The molecule has 158 valence electrons. The average Bonchev–Trinajstić information content (AvgIpc) is 3.32. The van der Waals surface area contributed by atoms with Crippen molar-refractivity contribution < 1.29 is 18.6 Å². The van der Waals surface area contributed by atoms with Gasteiger partial charge in [-0.15, -0.1) is 0 Å². The molecule has 1 aliphatic rings. The molecular weight excluding hydrogens is 384 g/mol. The largest absolute Gasteiger partial charge is 0.491 e. The van der Waals surface area contributed by atoms with Crippen molar-refractivity contribution in [1.82, 2.24) is 15.6 Å². The molecule has 3 heterocycles. The minimum absolute atomic E-state index is 0.192. The van der Waals surface area contributed by atoms with Gasteiger partial charge in [-0.3, -0.25) is 4.79 Å². The molecule has 0 radical (unpaired) electrons. The fraction of sp³-hybridized carbons (Fsp3) is 0.409. The number of hydrogen-bond donors (Lipinski definition) is 2. The van der Waals surface area contributed by atoms with E-state index in [1.807, 2.05) is 32.0 Å². The van der Waals surface area contributed by atoms with Crippen molar-refractivity contribution in [3.8, 4) is 16.9 Å². The van der Waals surface area contributed by atoms with E-state index >= 15 is 0 Å². The molecule has 4 rings (SSSR count). The number of carbonyl (C=O) groups excluding carboxylic acids is 1. The molecule has 1 aliphatic heterocycles. The fourth-order valence-electron chi connectivity index (χ4n) is 3.75. The third-order valence-electron chi connectivity index (χ3n) is 5.35. The summed E-state index contributed by atoms with van der Waals surface area (Å²) in [6, 6.07) is 5.90. The lowest BCUT2D eigenvalue weighted by molar-refractivity contribution is 0.0987. The van der Waals surface area contributed by atoms with Crippen LogP contribution in [-0.2, 0) is 0 Å². The summed E-state index contributed by atoms with van der Waals surface area (Å²) in [6.07, 6.45) is 5.04. The number of ether oxygens (including phenoxy) is 1. The summed E-state index contributed by atoms with van der Waals surface area (Å²) < 4.78 is 16.6. The van der Waals surface area contributed by atoms with Crippen molar-refractivity contribution in [2.75, 3.05) is 18.5 Å². The minimum atomic E-state index is -0.352. The van der Waals surface area contributed by atoms with Gasteiger partial charge in [-0.1, -0.05) is 16.7 Å². The Balaban J connectivity index is 1.61. The Morgan fingerprint density at radius 1 is 1.27 bits per heavy atom. The summed E-state index contributed by atoms with van der Waals surface area (Å²) in [6.45, 7) is 7.14. The highest BCUT2D eigenvalue weighted by atomic mass is 16.5. The molecule has 1 aromatic carbocycles. The Labute approximate surface area is 174 Å². The van der Waals surface area contributed by atoms with Gasteiger partial charge in [0.2, 0.25) is 5.76 Å². The first kappa shape index (κ1) is 20.2. The van der Waals surface area contributed by atoms with Gasteiger partial charge < -0.3 is 24.4 Å². The van der Waals surface area contributed by atoms with E-state index in [0.717, 1.165) is 35.5 Å². The summed E-state index contributed by atoms with van der Waals surface area (Å²) in [7, 11) is 0. The van der Waals surface area contributed by atoms with Crippen LogP contribution >= 0.6 is 0 Å². The summed E-state index contributed by atoms with van der Waals surface area (Å²) in [5, 5.41) is 14.1. The molecule has 0 unspecified atom stereocenters. The number of hydrogen-bond acceptors (Lipinski definition) is 7. The molecule has 1 atom stereocenters. The highest BCUT2D eigenvalue weighted by Crippen LogP contribution is 2.37. The van der Waals surface area contributed by atoms with Crippen LogP contribution in [0.1, 0.15) is 46.8 Å². The Kier molecular flexibility index (Phi) is 5.85. The van der Waals surface area contributed by atoms with E-state index in [1.54, 1.807) is 6.92 Å². The van der Waals surface area contributed by atoms with Gasteiger partial charge in [0.25, 0.3) is 5.91 Å². The zero-order valence-corrected chi connectivity index (χ0v) is 17.4. The van der Waals surface area contributed by atoms with Gasteiger partial charge in [-0.2, -0.15) is 0 Å². The lowest BCUT2D eigenvalue weighted by Gasteiger charge is -2.24. The van der Waals surface area contributed by atoms with Crippen LogP contribution in [-0.4, -0.2) is 35.4 Å². The molecule has 8 nitrogen and oxygen atoms in total. The number of amides is 1. The number of benzene rings is 1. The lowest BCUT2D eigenvalue weighted by Crippen LogP contribution is -2.38. The minimum Gasteiger partial charge on any atom is -0.491 e. The predicted octanol–water partition coefficient (Wildman–Crippen LogP) is 4.03. The Morgan fingerprint density at radius 3 is 2.80 bits per heavy atom. The van der Waals surface area contributed by atoms with Crippen molar-refractivity contribution in [3.63, 3.8) is 0 Å². The number of nitrogens with one attached hydrogen (secondary N) is 2. The van der Waals surface area contributed by atoms with Crippen LogP contribution in [0.25, 0.3) is 11.1 Å². The maximum absolute atomic E-state index is 12.5. The van der Waals surface area contributed by atoms with E-state index in [4.69, 9.17) is 13.8 Å². The zero-order chi connectivity index (χ0) is 21.1. The summed E-state index contributed by atoms with van der Waals surface area (Å²) in [4.78, 5) is 12.5. The van der Waals surface area contributed by atoms with Gasteiger partial charge in [0, 0.05) is 22.9 Å². The highest BCUT2D eigenvalue weighted by Gasteiger charge is 2.20. The second kappa shape index (κ2) is 8.71. The molecule has 2 N–H and O–H groups in total. The number of aromatic nitrogens is 2. The SMILES string of the molecule is Cc1cnoc1C(=O)Nc1ccc(OC[C@H]2CCCCN2)c(-c2c(C)noc2C)c1. The van der Waals surface area contributed by atoms with E-state index in [0.29, 0.717) is 29.7 Å². The van der Waals surface area contributed by atoms with E-state index in [-0.39, 0.29) is 11.7 Å². The summed E-state index contributed by atoms with van der Waals surface area (Å²) in [5.74, 6) is 1.26. The molecule has 2 aromatic heterocycles. The van der Waals surface area contributed by atoms with Crippen molar-refractivity contribution in [2.24, 2.45) is 0 Å². The van der Waals surface area contributed by atoms with E-state index < -0.39 is 0 Å². The molecule has 0 spiro atoms. The van der Waals surface area contributed by atoms with Gasteiger partial charge in [0.05, 0.1) is 17.5 Å². The van der Waals surface area contributed by atoms with Crippen molar-refractivity contribution in [1.29, 1.82) is 0 Å². The average molecular weight is 410 g/mol. The molecule has 8 heteroatoms. The van der Waals surface area contributed by atoms with Crippen molar-refractivity contribution >= 4 is 11.6 Å². The number of rotatable bonds is 6. The molecule has 3 aromatic rings. The standard InChI is InChI=1S/C22H26N4O4/c1-13-11-24-30-21(13)22(27)25-16-7-8-19(28-12-17-6-4-5-9-23-17)18(10-16)20-14(2)26-29-15(20)3/h7-8,10-11,17,23H,4-6,9,12H2,1-3H3,(H,25,27)/t17-/m1/s1. The van der Waals surface area contributed by atoms with Crippen molar-refractivity contribution in [2.45, 2.75) is 46.1 Å². The van der Waals surface area contributed by atoms with Gasteiger partial charge in [-0.25, -0.2) is 0 Å². The van der Waals surface area contributed by atoms with Crippen molar-refractivity contribution in [3.05, 3.63) is 47.2 Å². The summed E-state index contributed by atoms with van der Waals surface area (Å²) >= 11 is 0. The third-order valence-corrected chi connectivity index (χ3v) is 5.35. The maximum Gasteiger partial charge on any atom is 0.294 e. The monoisotopic (exact) mass is 410 g/mol. The second-order valence-electron chi connectivity index (χ2n) is 7.66. The smallest absolute Gasteiger partial charge is 0.294 e. The zero-order valence-electron chi connectivity index (χ0n) is 17.4. The third kappa shape index (κ3) is 4.23. The van der Waals surface area contributed by atoms with Crippen LogP contribution in [0.15, 0.2) is 33.4 Å². The Hall–Kier alpha value is -3.13. The van der Waals surface area contributed by atoms with Crippen LogP contribution in [0.4, 0.5) is 5.69 Å². The van der Waals surface area contributed by atoms with Gasteiger partial charge in [0.15, 0.2) is 0 Å². The highest BCUT2D eigenvalue weighted by molar-refractivity contribution is 6.03. The number of carbonyl (C=O) groups is 1. The predicted molar refractivity (Wildman–Crippen MR) is 112 cm³/mol. The van der Waals surface area contributed by atoms with E-state index in [9.17, 15) is 4.79 Å². The van der Waals surface area contributed by atoms with Crippen LogP contribution < -0.4 is 15.4 Å². The molecule has 1 saturated heterocycles. The maximum atomic E-state index is 12.5. The molecule has 0 bridgehead atoms. The molecule has 1 fully saturated rings. The topological polar surface area (TPSA) is 102 Å². The Morgan fingerprint density at radius 2 is 2.13 bits per heavy atom. The number of anilines is 1. The summed E-state index contributed by atoms with van der Waals surface area (Å²) in [5.41, 5.74) is 3.76. The quantitative estimate of drug-likeness (QED) is 0.632. The van der Waals surface area contributed by atoms with Gasteiger partial charge in [-0.05, 0) is 58.4 Å². The first-order chi connectivity index (χ1) is 14.5. The number of nitrogens with zero attached hydrogens (tertiary/aromatic N) is 2. The second-order valence-corrected chi connectivity index (χ2v) is 7.66. The first-order valence-corrected chi connectivity index (χ1v) is 10.2. The normalized spacial score (nSPS) is 16.4. The van der Waals surface area contributed by atoms with Crippen LogP contribution in [0.5, 0.6) is 5.75 Å². The van der Waals surface area contributed by atoms with Gasteiger partial charge in [0.1, 0.15) is 18.1 Å². The number of piperidine rings is 1. The van der Waals surface area contributed by atoms with Crippen LogP contribution in [0.3, 0.4) is 0 Å². The molecule has 0 saturated carbocycles. The van der Waals surface area contributed by atoms with Crippen LogP contribution in [0, 0.1) is 20.8 Å². The van der Waals surface area contributed by atoms with E-state index in [1.165, 1.54) is 19.0 Å². The molecule has 0 aliphatic carbocycles. The number of aryl methyl sites for hydroxylation is 3. The molecule has 1 amide bonds.